The van der Waals surface area contributed by atoms with Gasteiger partial charge in [-0.05, 0) is 49.1 Å². The molecule has 166 valence electrons. The van der Waals surface area contributed by atoms with Gasteiger partial charge in [-0.25, -0.2) is 0 Å². The van der Waals surface area contributed by atoms with Crippen LogP contribution in [0.4, 0.5) is 5.69 Å². The van der Waals surface area contributed by atoms with Gasteiger partial charge < -0.3 is 19.7 Å². The molecule has 1 saturated heterocycles. The van der Waals surface area contributed by atoms with Crippen molar-refractivity contribution >= 4 is 11.6 Å². The number of hydrogen-bond acceptors (Lipinski definition) is 5. The SMILES string of the molecule is COCO[C@H]1CCN(C[C@H](c2ccccc2)N(C)c2ccc(C(=O)NC3CC3)cc2)C1. The van der Waals surface area contributed by atoms with Gasteiger partial charge in [0.1, 0.15) is 6.79 Å². The van der Waals surface area contributed by atoms with Crippen LogP contribution in [0.15, 0.2) is 54.6 Å². The predicted octanol–water partition coefficient (Wildman–Crippen LogP) is 3.45. The maximum Gasteiger partial charge on any atom is 0.251 e. The van der Waals surface area contributed by atoms with Crippen LogP contribution in [0.3, 0.4) is 0 Å². The molecular weight excluding hydrogens is 390 g/mol. The van der Waals surface area contributed by atoms with Gasteiger partial charge >= 0.3 is 0 Å². The van der Waals surface area contributed by atoms with Crippen LogP contribution in [-0.4, -0.2) is 63.5 Å². The van der Waals surface area contributed by atoms with Crippen LogP contribution in [-0.2, 0) is 9.47 Å². The average molecular weight is 424 g/mol. The van der Waals surface area contributed by atoms with Crippen LogP contribution < -0.4 is 10.2 Å². The van der Waals surface area contributed by atoms with Crippen molar-refractivity contribution in [1.29, 1.82) is 0 Å². The molecule has 0 spiro atoms. The lowest BCUT2D eigenvalue weighted by Crippen LogP contribution is -2.36. The Kier molecular flexibility index (Phi) is 7.22. The fourth-order valence-electron chi connectivity index (χ4n) is 4.16. The summed E-state index contributed by atoms with van der Waals surface area (Å²) in [5.74, 6) is 0.0236. The van der Waals surface area contributed by atoms with E-state index in [2.05, 4.69) is 52.5 Å². The summed E-state index contributed by atoms with van der Waals surface area (Å²) in [6.45, 7) is 3.20. The van der Waals surface area contributed by atoms with E-state index in [1.807, 2.05) is 24.3 Å². The molecule has 6 heteroatoms. The minimum Gasteiger partial charge on any atom is -0.366 e. The van der Waals surface area contributed by atoms with E-state index in [9.17, 15) is 4.79 Å². The molecule has 0 bridgehead atoms. The molecule has 4 rings (SSSR count). The van der Waals surface area contributed by atoms with Gasteiger partial charge in [0.05, 0.1) is 12.1 Å². The number of likely N-dealkylation sites (N-methyl/N-ethyl adjacent to an activating group) is 1. The highest BCUT2D eigenvalue weighted by atomic mass is 16.7. The monoisotopic (exact) mass is 423 g/mol. The lowest BCUT2D eigenvalue weighted by atomic mass is 10.0. The van der Waals surface area contributed by atoms with Gasteiger partial charge in [0.25, 0.3) is 5.91 Å². The number of rotatable bonds is 10. The van der Waals surface area contributed by atoms with Gasteiger partial charge in [-0.3, -0.25) is 9.69 Å². The molecule has 2 fully saturated rings. The minimum atomic E-state index is 0.0236. The standard InChI is InChI=1S/C25H33N3O3/c1-27(22-12-8-20(9-13-22)25(29)26-21-10-11-21)24(19-6-4-3-5-7-19)17-28-15-14-23(16-28)31-18-30-2/h3-9,12-13,21,23-24H,10-11,14-18H2,1-2H3,(H,26,29)/t23-,24+/m0/s1. The van der Waals surface area contributed by atoms with Crippen molar-refractivity contribution in [3.63, 3.8) is 0 Å². The van der Waals surface area contributed by atoms with Crippen molar-refractivity contribution < 1.29 is 14.3 Å². The van der Waals surface area contributed by atoms with E-state index >= 15 is 0 Å². The first kappa shape index (κ1) is 21.8. The first-order valence-corrected chi connectivity index (χ1v) is 11.2. The number of nitrogens with zero attached hydrogens (tertiary/aromatic N) is 2. The van der Waals surface area contributed by atoms with E-state index < -0.39 is 0 Å². The fraction of sp³-hybridized carbons (Fsp3) is 0.480. The van der Waals surface area contributed by atoms with Gasteiger partial charge in [0, 0.05) is 51.1 Å². The highest BCUT2D eigenvalue weighted by Gasteiger charge is 2.28. The van der Waals surface area contributed by atoms with E-state index in [0.29, 0.717) is 12.8 Å². The molecule has 2 atom stereocenters. The number of likely N-dealkylation sites (tertiary alicyclic amines) is 1. The lowest BCUT2D eigenvalue weighted by Gasteiger charge is -2.33. The molecule has 1 aliphatic carbocycles. The van der Waals surface area contributed by atoms with E-state index in [4.69, 9.17) is 9.47 Å². The van der Waals surface area contributed by atoms with Crippen LogP contribution >= 0.6 is 0 Å². The summed E-state index contributed by atoms with van der Waals surface area (Å²) in [6, 6.07) is 19.1. The topological polar surface area (TPSA) is 54.0 Å². The van der Waals surface area contributed by atoms with Crippen LogP contribution in [0.1, 0.15) is 41.2 Å². The van der Waals surface area contributed by atoms with Crippen LogP contribution in [0.2, 0.25) is 0 Å². The van der Waals surface area contributed by atoms with E-state index in [-0.39, 0.29) is 18.1 Å². The minimum absolute atomic E-state index is 0.0236. The van der Waals surface area contributed by atoms with E-state index in [0.717, 1.165) is 50.1 Å². The highest BCUT2D eigenvalue weighted by Crippen LogP contribution is 2.28. The fourth-order valence-corrected chi connectivity index (χ4v) is 4.16. The molecule has 0 radical (unpaired) electrons. The Bertz CT molecular complexity index is 839. The van der Waals surface area contributed by atoms with Crippen LogP contribution in [0, 0.1) is 0 Å². The number of amides is 1. The summed E-state index contributed by atoms with van der Waals surface area (Å²) in [5, 5.41) is 3.05. The second-order valence-electron chi connectivity index (χ2n) is 8.58. The van der Waals surface area contributed by atoms with E-state index in [1.165, 1.54) is 5.56 Å². The third-order valence-corrected chi connectivity index (χ3v) is 6.18. The quantitative estimate of drug-likeness (QED) is 0.593. The molecule has 1 amide bonds. The summed E-state index contributed by atoms with van der Waals surface area (Å²) in [5.41, 5.74) is 3.10. The summed E-state index contributed by atoms with van der Waals surface area (Å²) < 4.78 is 10.8. The van der Waals surface area contributed by atoms with Crippen molar-refractivity contribution in [1.82, 2.24) is 10.2 Å². The molecule has 1 saturated carbocycles. The Hall–Kier alpha value is -2.41. The van der Waals surface area contributed by atoms with Gasteiger partial charge in [0.15, 0.2) is 0 Å². The Morgan fingerprint density at radius 1 is 1.13 bits per heavy atom. The molecule has 0 aromatic heterocycles. The molecule has 2 aromatic carbocycles. The van der Waals surface area contributed by atoms with Crippen molar-refractivity contribution in [2.45, 2.75) is 37.5 Å². The third kappa shape index (κ3) is 5.85. The maximum absolute atomic E-state index is 12.3. The number of benzene rings is 2. The molecule has 1 heterocycles. The summed E-state index contributed by atoms with van der Waals surface area (Å²) >= 11 is 0. The number of carbonyl (C=O) groups excluding carboxylic acids is 1. The summed E-state index contributed by atoms with van der Waals surface area (Å²) in [4.78, 5) is 17.1. The molecule has 31 heavy (non-hydrogen) atoms. The van der Waals surface area contributed by atoms with Crippen molar-refractivity contribution in [3.8, 4) is 0 Å². The number of ether oxygens (including phenoxy) is 2. The molecule has 2 aliphatic rings. The molecule has 1 N–H and O–H groups in total. The Labute approximate surface area is 185 Å². The first-order chi connectivity index (χ1) is 15.1. The first-order valence-electron chi connectivity index (χ1n) is 11.2. The van der Waals surface area contributed by atoms with Gasteiger partial charge in [0.2, 0.25) is 0 Å². The molecule has 0 unspecified atom stereocenters. The van der Waals surface area contributed by atoms with Crippen molar-refractivity contribution in [2.75, 3.05) is 45.5 Å². The average Bonchev–Trinajstić information content (AvgIpc) is 3.51. The number of anilines is 1. The lowest BCUT2D eigenvalue weighted by molar-refractivity contribution is -0.0671. The van der Waals surface area contributed by atoms with Gasteiger partial charge in [-0.1, -0.05) is 30.3 Å². The smallest absolute Gasteiger partial charge is 0.251 e. The Morgan fingerprint density at radius 3 is 2.55 bits per heavy atom. The number of hydrogen-bond donors (Lipinski definition) is 1. The highest BCUT2D eigenvalue weighted by molar-refractivity contribution is 5.94. The zero-order valence-corrected chi connectivity index (χ0v) is 18.5. The molecular formula is C25H33N3O3. The maximum atomic E-state index is 12.3. The second kappa shape index (κ2) is 10.3. The molecule has 1 aliphatic heterocycles. The largest absolute Gasteiger partial charge is 0.366 e. The van der Waals surface area contributed by atoms with Crippen molar-refractivity contribution in [2.24, 2.45) is 0 Å². The normalized spacial score (nSPS) is 19.9. The Balaban J connectivity index is 1.45. The third-order valence-electron chi connectivity index (χ3n) is 6.18. The number of carbonyl (C=O) groups is 1. The summed E-state index contributed by atoms with van der Waals surface area (Å²) in [7, 11) is 3.79. The molecule has 6 nitrogen and oxygen atoms in total. The zero-order chi connectivity index (χ0) is 21.6. The summed E-state index contributed by atoms with van der Waals surface area (Å²) in [6.07, 6.45) is 3.45. The van der Waals surface area contributed by atoms with E-state index in [1.54, 1.807) is 7.11 Å². The second-order valence-corrected chi connectivity index (χ2v) is 8.58. The Morgan fingerprint density at radius 2 is 1.87 bits per heavy atom. The molecule has 2 aromatic rings. The zero-order valence-electron chi connectivity index (χ0n) is 18.5. The number of methoxy groups -OCH3 is 1. The predicted molar refractivity (Wildman–Crippen MR) is 122 cm³/mol. The van der Waals surface area contributed by atoms with Crippen LogP contribution in [0.5, 0.6) is 0 Å². The van der Waals surface area contributed by atoms with Gasteiger partial charge in [-0.15, -0.1) is 0 Å². The van der Waals surface area contributed by atoms with Gasteiger partial charge in [-0.2, -0.15) is 0 Å². The number of nitrogens with one attached hydrogen (secondary N) is 1. The van der Waals surface area contributed by atoms with Crippen LogP contribution in [0.25, 0.3) is 0 Å². The van der Waals surface area contributed by atoms with Crippen molar-refractivity contribution in [3.05, 3.63) is 65.7 Å².